The molecule has 0 unspecified atom stereocenters. The number of benzene rings is 5. The molecule has 21 heteroatoms. The van der Waals surface area contributed by atoms with E-state index in [4.69, 9.17) is 9.15 Å². The zero-order chi connectivity index (χ0) is 56.3. The monoisotopic (exact) mass is 1120 g/mol. The fourth-order valence-corrected chi connectivity index (χ4v) is 12.7. The molecule has 80 heavy (non-hydrogen) atoms. The number of aromatic carboxylic acids is 1. The molecule has 0 radical (unpaired) electrons. The van der Waals surface area contributed by atoms with Crippen LogP contribution in [0, 0.1) is 0 Å². The van der Waals surface area contributed by atoms with Gasteiger partial charge in [0.1, 0.15) is 29.7 Å². The molecule has 4 aromatic carbocycles. The van der Waals surface area contributed by atoms with E-state index >= 15 is 0 Å². The van der Waals surface area contributed by atoms with Gasteiger partial charge < -0.3 is 56.6 Å². The highest BCUT2D eigenvalue weighted by atomic mass is 32.2. The van der Waals surface area contributed by atoms with Crippen molar-refractivity contribution in [2.24, 2.45) is 0 Å². The molecule has 4 atom stereocenters. The minimum atomic E-state index is -1.37. The smallest absolute Gasteiger partial charge is 0.408 e. The first-order chi connectivity index (χ1) is 38.7. The second-order valence-electron chi connectivity index (χ2n) is 19.7. The lowest BCUT2D eigenvalue weighted by molar-refractivity contribution is -0.122. The highest BCUT2D eigenvalue weighted by Gasteiger charge is 2.42. The van der Waals surface area contributed by atoms with E-state index in [9.17, 15) is 48.6 Å². The van der Waals surface area contributed by atoms with E-state index < -0.39 is 29.9 Å². The third kappa shape index (κ3) is 13.6. The van der Waals surface area contributed by atoms with Gasteiger partial charge in [0.15, 0.2) is 5.43 Å². The summed E-state index contributed by atoms with van der Waals surface area (Å²) in [5, 5.41) is 41.2. The number of rotatable bonds is 25. The van der Waals surface area contributed by atoms with Crippen molar-refractivity contribution < 1.29 is 52.9 Å². The van der Waals surface area contributed by atoms with Gasteiger partial charge in [0.05, 0.1) is 23.4 Å². The fourth-order valence-electron chi connectivity index (χ4n) is 10.4. The second-order valence-corrected chi connectivity index (χ2v) is 22.1. The first-order valence-electron chi connectivity index (χ1n) is 26.5. The summed E-state index contributed by atoms with van der Waals surface area (Å²) in [6.45, 7) is 4.70. The maximum absolute atomic E-state index is 13.9. The molecular weight excluding hydrogens is 1060 g/mol. The molecule has 0 spiro atoms. The normalized spacial score (nSPS) is 16.4. The second kappa shape index (κ2) is 26.1. The molecule has 2 fully saturated rings. The molecule has 2 saturated heterocycles. The van der Waals surface area contributed by atoms with Crippen molar-refractivity contribution in [3.8, 4) is 39.3 Å². The summed E-state index contributed by atoms with van der Waals surface area (Å²) in [4.78, 5) is 103. The SMILES string of the molecule is C=C(SCC(=O)NCCCCCNC(=O)CCCC[C@@H]1SC[C@@H]2NC(=O)N[C@@H]21)[C@H](NC(=O)OCC1c2ccccc2-c2ccccc21)C(=O)NCCNC(=O)c1ccc(-c2c3ccc(=O)cc-3oc3cc(O)ccc23)c(C(=O)O)c1. The Kier molecular flexibility index (Phi) is 18.4. The van der Waals surface area contributed by atoms with Crippen LogP contribution in [0.1, 0.15) is 82.7 Å². The number of fused-ring (bicyclic) bond motifs is 6. The topological polar surface area (TPSA) is 284 Å². The molecule has 4 aromatic rings. The molecule has 3 heterocycles. The van der Waals surface area contributed by atoms with Crippen molar-refractivity contribution in [3.63, 3.8) is 0 Å². The summed E-state index contributed by atoms with van der Waals surface area (Å²) in [5.41, 5.74) is 4.81. The number of amides is 7. The van der Waals surface area contributed by atoms with Crippen LogP contribution >= 0.6 is 23.5 Å². The lowest BCUT2D eigenvalue weighted by Crippen LogP contribution is -2.49. The number of carboxylic acids is 1. The minimum absolute atomic E-state index is 0.00315. The Morgan fingerprint density at radius 2 is 1.46 bits per heavy atom. The van der Waals surface area contributed by atoms with Gasteiger partial charge in [-0.05, 0) is 96.3 Å². The molecule has 5 aliphatic rings. The van der Waals surface area contributed by atoms with Crippen LogP contribution in [0.3, 0.4) is 0 Å². The van der Waals surface area contributed by atoms with Crippen LogP contribution < -0.4 is 42.6 Å². The molecule has 9 rings (SSSR count). The Morgan fingerprint density at radius 3 is 2.21 bits per heavy atom. The molecule has 7 amide bonds. The third-order valence-corrected chi connectivity index (χ3v) is 16.8. The number of alkyl carbamates (subject to hydrolysis) is 1. The van der Waals surface area contributed by atoms with Gasteiger partial charge in [-0.1, -0.05) is 67.6 Å². The molecular formula is C59H61N7O12S2. The quantitative estimate of drug-likeness (QED) is 0.0157. The number of carbonyl (C=O) groups is 7. The van der Waals surface area contributed by atoms with E-state index in [1.165, 1.54) is 48.5 Å². The minimum Gasteiger partial charge on any atom is -0.508 e. The Labute approximate surface area is 469 Å². The van der Waals surface area contributed by atoms with Gasteiger partial charge in [0, 0.05) is 88.6 Å². The van der Waals surface area contributed by atoms with Gasteiger partial charge in [-0.2, -0.15) is 11.8 Å². The number of ether oxygens (including phenoxy) is 1. The lowest BCUT2D eigenvalue weighted by Gasteiger charge is -2.21. The molecule has 2 aliphatic carbocycles. The van der Waals surface area contributed by atoms with Gasteiger partial charge in [-0.3, -0.25) is 24.0 Å². The number of hydrogen-bond donors (Lipinski definition) is 9. The number of phenolic OH excluding ortho intramolecular Hbond substituents is 1. The van der Waals surface area contributed by atoms with Crippen molar-refractivity contribution in [1.82, 2.24) is 37.2 Å². The van der Waals surface area contributed by atoms with Crippen LogP contribution in [0.5, 0.6) is 5.75 Å². The van der Waals surface area contributed by atoms with Gasteiger partial charge in [0.25, 0.3) is 5.91 Å². The Bertz CT molecular complexity index is 3340. The van der Waals surface area contributed by atoms with Crippen LogP contribution in [-0.4, -0.2) is 120 Å². The third-order valence-electron chi connectivity index (χ3n) is 14.3. The van der Waals surface area contributed by atoms with E-state index in [-0.39, 0.29) is 105 Å². The molecule has 9 N–H and O–H groups in total. The highest BCUT2D eigenvalue weighted by Crippen LogP contribution is 2.45. The van der Waals surface area contributed by atoms with Crippen LogP contribution in [0.15, 0.2) is 124 Å². The summed E-state index contributed by atoms with van der Waals surface area (Å²) in [6, 6.07) is 27.2. The standard InChI is InChI=1S/C59H61N7O12S2/c1-33(79-32-51(70)61-24-10-2-9-23-60-50(69)16-8-7-15-49-54-46(31-80-49)64-58(75)65-54)53(66-59(76)77-30-45-39-13-5-3-11-37(39)38-12-4-6-14-40(38)45)56(72)63-26-25-62-55(71)34-17-20-41(44(27-34)57(73)74)52-42-21-18-35(67)28-47(42)78-48-29-36(68)19-22-43(48)52/h3-6,11-14,17-22,27-29,45-46,49,53-54,67H,1-2,7-10,15-16,23-26,30-32H2,(H,60,69)(H,61,70)(H,62,71)(H,63,72)(H,66,76)(H,73,74)(H2,64,65,75)/t46-,49-,53-,54-/m0/s1. The summed E-state index contributed by atoms with van der Waals surface area (Å²) < 4.78 is 11.7. The molecule has 19 nitrogen and oxygen atoms in total. The van der Waals surface area contributed by atoms with E-state index in [1.54, 1.807) is 6.07 Å². The highest BCUT2D eigenvalue weighted by molar-refractivity contribution is 8.03. The number of aromatic hydroxyl groups is 1. The first kappa shape index (κ1) is 56.4. The summed E-state index contributed by atoms with van der Waals surface area (Å²) in [6.07, 6.45) is 4.37. The lowest BCUT2D eigenvalue weighted by atomic mass is 9.90. The number of phenols is 1. The first-order valence-corrected chi connectivity index (χ1v) is 28.5. The summed E-state index contributed by atoms with van der Waals surface area (Å²) in [5.74, 6) is -2.37. The zero-order valence-electron chi connectivity index (χ0n) is 43.6. The number of thioether (sulfide) groups is 2. The maximum atomic E-state index is 13.9. The summed E-state index contributed by atoms with van der Waals surface area (Å²) >= 11 is 2.84. The van der Waals surface area contributed by atoms with Crippen LogP contribution in [0.25, 0.3) is 44.5 Å². The van der Waals surface area contributed by atoms with Crippen LogP contribution in [-0.2, 0) is 19.1 Å². The Morgan fingerprint density at radius 1 is 0.750 bits per heavy atom. The molecule has 416 valence electrons. The average Bonchev–Trinajstić information content (AvgIpc) is 4.12. The number of carbonyl (C=O) groups excluding carboxylic acids is 6. The number of urea groups is 1. The van der Waals surface area contributed by atoms with E-state index in [2.05, 4.69) is 43.8 Å². The molecule has 0 aromatic heterocycles. The van der Waals surface area contributed by atoms with Crippen molar-refractivity contribution in [2.75, 3.05) is 44.3 Å². The fraction of sp³-hybridized carbons (Fsp3) is 0.322. The maximum Gasteiger partial charge on any atom is 0.408 e. The number of nitrogens with one attached hydrogen (secondary N) is 7. The zero-order valence-corrected chi connectivity index (χ0v) is 45.2. The van der Waals surface area contributed by atoms with E-state index in [0.717, 1.165) is 71.9 Å². The predicted octanol–water partition coefficient (Wildman–Crippen LogP) is 7.10. The molecule has 0 bridgehead atoms. The predicted molar refractivity (Wildman–Crippen MR) is 306 cm³/mol. The number of hydrogen-bond acceptors (Lipinski definition) is 13. The summed E-state index contributed by atoms with van der Waals surface area (Å²) in [7, 11) is 0. The van der Waals surface area contributed by atoms with Gasteiger partial charge >= 0.3 is 18.1 Å². The van der Waals surface area contributed by atoms with Crippen molar-refractivity contribution in [3.05, 3.63) is 147 Å². The van der Waals surface area contributed by atoms with Crippen LogP contribution in [0.2, 0.25) is 0 Å². The van der Waals surface area contributed by atoms with Crippen LogP contribution in [0.4, 0.5) is 9.59 Å². The molecule has 0 saturated carbocycles. The van der Waals surface area contributed by atoms with E-state index in [1.807, 2.05) is 60.3 Å². The molecule has 3 aliphatic heterocycles. The van der Waals surface area contributed by atoms with E-state index in [0.29, 0.717) is 47.7 Å². The van der Waals surface area contributed by atoms with Crippen molar-refractivity contribution >= 4 is 76.2 Å². The van der Waals surface area contributed by atoms with Crippen molar-refractivity contribution in [1.29, 1.82) is 0 Å². The average molecular weight is 1120 g/mol. The van der Waals surface area contributed by atoms with Gasteiger partial charge in [0.2, 0.25) is 17.7 Å². The Hall–Kier alpha value is -8.30. The number of carboxylic acid groups (broad SMARTS) is 1. The largest absolute Gasteiger partial charge is 0.508 e. The van der Waals surface area contributed by atoms with Gasteiger partial charge in [-0.25, -0.2) is 14.4 Å². The van der Waals surface area contributed by atoms with Crippen molar-refractivity contribution in [2.45, 2.75) is 74.2 Å². The Balaban J connectivity index is 0.755. The number of unbranched alkanes of at least 4 members (excludes halogenated alkanes) is 3. The van der Waals surface area contributed by atoms with Gasteiger partial charge in [-0.15, -0.1) is 11.8 Å².